The van der Waals surface area contributed by atoms with Crippen LogP contribution in [-0.4, -0.2) is 40.5 Å². The summed E-state index contributed by atoms with van der Waals surface area (Å²) in [5, 5.41) is 3.38. The van der Waals surface area contributed by atoms with Crippen molar-refractivity contribution in [1.29, 1.82) is 0 Å². The Hall–Kier alpha value is -0.870. The fourth-order valence-corrected chi connectivity index (χ4v) is 1.74. The number of H-pyrrole nitrogens is 1. The van der Waals surface area contributed by atoms with Crippen molar-refractivity contribution < 1.29 is 0 Å². The van der Waals surface area contributed by atoms with Gasteiger partial charge in [-0.2, -0.15) is 0 Å². The smallest absolute Gasteiger partial charge is 0.107 e. The topological polar surface area (TPSA) is 44.0 Å². The van der Waals surface area contributed by atoms with E-state index in [2.05, 4.69) is 47.9 Å². The number of rotatable bonds is 8. The molecule has 98 valence electrons. The molecule has 0 aromatic carbocycles. The zero-order chi connectivity index (χ0) is 12.7. The third kappa shape index (κ3) is 5.33. The fourth-order valence-electron chi connectivity index (χ4n) is 1.74. The van der Waals surface area contributed by atoms with Crippen molar-refractivity contribution in [3.63, 3.8) is 0 Å². The molecule has 0 amide bonds. The van der Waals surface area contributed by atoms with Crippen LogP contribution in [0.15, 0.2) is 6.20 Å². The Morgan fingerprint density at radius 1 is 1.35 bits per heavy atom. The molecule has 1 heterocycles. The second-order valence-electron chi connectivity index (χ2n) is 4.67. The lowest BCUT2D eigenvalue weighted by Gasteiger charge is -2.16. The molecule has 0 bridgehead atoms. The van der Waals surface area contributed by atoms with Gasteiger partial charge in [0.1, 0.15) is 5.82 Å². The molecule has 0 fully saturated rings. The van der Waals surface area contributed by atoms with Gasteiger partial charge in [-0.3, -0.25) is 0 Å². The highest BCUT2D eigenvalue weighted by molar-refractivity contribution is 5.01. The zero-order valence-electron chi connectivity index (χ0n) is 11.6. The minimum atomic E-state index is 0.512. The number of likely N-dealkylation sites (N-methyl/N-ethyl adjacent to an activating group) is 1. The first kappa shape index (κ1) is 14.2. The molecule has 2 N–H and O–H groups in total. The molecule has 0 aliphatic heterocycles. The van der Waals surface area contributed by atoms with Crippen molar-refractivity contribution in [3.05, 3.63) is 17.7 Å². The predicted molar refractivity (Wildman–Crippen MR) is 72.1 cm³/mol. The molecule has 17 heavy (non-hydrogen) atoms. The summed E-state index contributed by atoms with van der Waals surface area (Å²) in [5.41, 5.74) is 1.17. The van der Waals surface area contributed by atoms with E-state index in [1.165, 1.54) is 5.69 Å². The quantitative estimate of drug-likeness (QED) is 0.726. The molecule has 0 atom stereocenters. The number of nitrogens with zero attached hydrogens (tertiary/aromatic N) is 2. The van der Waals surface area contributed by atoms with Crippen LogP contribution in [0.2, 0.25) is 0 Å². The lowest BCUT2D eigenvalue weighted by molar-refractivity contribution is 0.306. The van der Waals surface area contributed by atoms with Gasteiger partial charge in [-0.15, -0.1) is 0 Å². The number of nitrogens with one attached hydrogen (secondary N) is 2. The van der Waals surface area contributed by atoms with Crippen molar-refractivity contribution in [2.75, 3.05) is 19.6 Å². The molecular formula is C13H26N4. The molecule has 0 saturated carbocycles. The molecule has 4 nitrogen and oxygen atoms in total. The minimum Gasteiger partial charge on any atom is -0.345 e. The number of aromatic amines is 1. The number of aromatic nitrogens is 2. The van der Waals surface area contributed by atoms with Gasteiger partial charge in [0, 0.05) is 37.4 Å². The Bertz CT molecular complexity index is 302. The Morgan fingerprint density at radius 2 is 2.06 bits per heavy atom. The minimum absolute atomic E-state index is 0.512. The summed E-state index contributed by atoms with van der Waals surface area (Å²) in [4.78, 5) is 10.2. The summed E-state index contributed by atoms with van der Waals surface area (Å²) in [5.74, 6) is 1.09. The normalized spacial score (nSPS) is 11.6. The summed E-state index contributed by atoms with van der Waals surface area (Å²) in [6.45, 7) is 12.9. The summed E-state index contributed by atoms with van der Waals surface area (Å²) < 4.78 is 0. The number of hydrogen-bond donors (Lipinski definition) is 2. The van der Waals surface area contributed by atoms with Gasteiger partial charge in [-0.1, -0.05) is 27.7 Å². The Labute approximate surface area is 105 Å². The molecule has 1 aromatic heterocycles. The largest absolute Gasteiger partial charge is 0.345 e. The zero-order valence-corrected chi connectivity index (χ0v) is 11.6. The van der Waals surface area contributed by atoms with Crippen molar-refractivity contribution >= 4 is 0 Å². The van der Waals surface area contributed by atoms with Crippen molar-refractivity contribution in [2.24, 2.45) is 0 Å². The van der Waals surface area contributed by atoms with Crippen LogP contribution in [0, 0.1) is 0 Å². The second kappa shape index (κ2) is 7.45. The molecule has 0 aliphatic rings. The van der Waals surface area contributed by atoms with E-state index < -0.39 is 0 Å². The van der Waals surface area contributed by atoms with Crippen LogP contribution in [-0.2, 0) is 13.0 Å². The summed E-state index contributed by atoms with van der Waals surface area (Å²) >= 11 is 0. The van der Waals surface area contributed by atoms with E-state index in [1.54, 1.807) is 0 Å². The van der Waals surface area contributed by atoms with Gasteiger partial charge in [0.15, 0.2) is 0 Å². The number of hydrogen-bond acceptors (Lipinski definition) is 3. The molecule has 0 saturated heterocycles. The van der Waals surface area contributed by atoms with Crippen LogP contribution < -0.4 is 5.32 Å². The van der Waals surface area contributed by atoms with Gasteiger partial charge in [0.25, 0.3) is 0 Å². The third-order valence-corrected chi connectivity index (χ3v) is 2.94. The van der Waals surface area contributed by atoms with E-state index >= 15 is 0 Å². The highest BCUT2D eigenvalue weighted by Crippen LogP contribution is 2.00. The standard InChI is InChI=1S/C13H26N4/c1-5-17(6-2)8-7-13-15-10-12(16-13)9-14-11(3)4/h10-11,14H,5-9H2,1-4H3,(H,15,16). The van der Waals surface area contributed by atoms with Gasteiger partial charge in [0.05, 0.1) is 0 Å². The summed E-state index contributed by atoms with van der Waals surface area (Å²) in [6.07, 6.45) is 2.94. The lowest BCUT2D eigenvalue weighted by atomic mass is 10.3. The Morgan fingerprint density at radius 3 is 2.65 bits per heavy atom. The van der Waals surface area contributed by atoms with Gasteiger partial charge in [-0.25, -0.2) is 4.98 Å². The Balaban J connectivity index is 2.35. The average molecular weight is 238 g/mol. The highest BCUT2D eigenvalue weighted by atomic mass is 15.1. The molecule has 0 unspecified atom stereocenters. The average Bonchev–Trinajstić information content (AvgIpc) is 2.76. The molecule has 1 aromatic rings. The maximum absolute atomic E-state index is 4.41. The lowest BCUT2D eigenvalue weighted by Crippen LogP contribution is -2.25. The molecule has 0 aliphatic carbocycles. The van der Waals surface area contributed by atoms with Crippen LogP contribution >= 0.6 is 0 Å². The first-order valence-corrected chi connectivity index (χ1v) is 6.64. The predicted octanol–water partition coefficient (Wildman–Crippen LogP) is 1.79. The van der Waals surface area contributed by atoms with E-state index in [9.17, 15) is 0 Å². The van der Waals surface area contributed by atoms with Crippen LogP contribution in [0.3, 0.4) is 0 Å². The van der Waals surface area contributed by atoms with E-state index in [0.29, 0.717) is 6.04 Å². The highest BCUT2D eigenvalue weighted by Gasteiger charge is 2.04. The maximum atomic E-state index is 4.41. The second-order valence-corrected chi connectivity index (χ2v) is 4.67. The van der Waals surface area contributed by atoms with E-state index in [1.807, 2.05) is 6.20 Å². The van der Waals surface area contributed by atoms with E-state index in [0.717, 1.165) is 38.4 Å². The first-order chi connectivity index (χ1) is 8.15. The maximum Gasteiger partial charge on any atom is 0.107 e. The summed E-state index contributed by atoms with van der Waals surface area (Å²) in [7, 11) is 0. The monoisotopic (exact) mass is 238 g/mol. The van der Waals surface area contributed by atoms with Gasteiger partial charge in [-0.05, 0) is 13.1 Å². The molecule has 1 rings (SSSR count). The fraction of sp³-hybridized carbons (Fsp3) is 0.769. The number of imidazole rings is 1. The van der Waals surface area contributed by atoms with Crippen molar-refractivity contribution in [3.8, 4) is 0 Å². The van der Waals surface area contributed by atoms with Gasteiger partial charge in [0.2, 0.25) is 0 Å². The van der Waals surface area contributed by atoms with E-state index in [-0.39, 0.29) is 0 Å². The molecule has 0 spiro atoms. The van der Waals surface area contributed by atoms with Crippen LogP contribution in [0.4, 0.5) is 0 Å². The third-order valence-electron chi connectivity index (χ3n) is 2.94. The molecule has 0 radical (unpaired) electrons. The van der Waals surface area contributed by atoms with Gasteiger partial charge >= 0.3 is 0 Å². The van der Waals surface area contributed by atoms with Gasteiger partial charge < -0.3 is 15.2 Å². The Kier molecular flexibility index (Phi) is 6.22. The SMILES string of the molecule is CCN(CC)CCc1ncc(CNC(C)C)[nH]1. The van der Waals surface area contributed by atoms with Crippen LogP contribution in [0.1, 0.15) is 39.2 Å². The van der Waals surface area contributed by atoms with Crippen molar-refractivity contribution in [1.82, 2.24) is 20.2 Å². The van der Waals surface area contributed by atoms with E-state index in [4.69, 9.17) is 0 Å². The first-order valence-electron chi connectivity index (χ1n) is 6.64. The molecular weight excluding hydrogens is 212 g/mol. The van der Waals surface area contributed by atoms with Crippen LogP contribution in [0.5, 0.6) is 0 Å². The molecule has 4 heteroatoms. The van der Waals surface area contributed by atoms with Crippen LogP contribution in [0.25, 0.3) is 0 Å². The van der Waals surface area contributed by atoms with Crippen molar-refractivity contribution in [2.45, 2.75) is 46.7 Å². The summed E-state index contributed by atoms with van der Waals surface area (Å²) in [6, 6.07) is 0.512.